The number of rotatable bonds is 6. The molecule has 0 unspecified atom stereocenters. The third kappa shape index (κ3) is 3.95. The lowest BCUT2D eigenvalue weighted by Gasteiger charge is -2.08. The molecule has 1 heterocycles. The van der Waals surface area contributed by atoms with E-state index in [2.05, 4.69) is 10.2 Å². The van der Waals surface area contributed by atoms with Crippen LogP contribution in [0.3, 0.4) is 0 Å². The monoisotopic (exact) mass is 359 g/mol. The molecule has 128 valence electrons. The Bertz CT molecular complexity index is 893. The van der Waals surface area contributed by atoms with Crippen LogP contribution >= 0.6 is 11.6 Å². The standard InChI is InChI=1S/C17H14ClN3O4/c1-2-11-9-13(18)5-8-15(11)24-10-16-19-20-17(25-16)12-3-6-14(7-4-12)21(22)23/h3-9H,2,10H2,1H3. The minimum absolute atomic E-state index is 0.00153. The normalized spacial score (nSPS) is 10.6. The quantitative estimate of drug-likeness (QED) is 0.477. The molecule has 0 saturated heterocycles. The molecule has 0 N–H and O–H groups in total. The zero-order valence-corrected chi connectivity index (χ0v) is 14.1. The van der Waals surface area contributed by atoms with Crippen molar-refractivity contribution in [2.75, 3.05) is 0 Å². The first kappa shape index (κ1) is 16.9. The van der Waals surface area contributed by atoms with Crippen LogP contribution in [0.1, 0.15) is 18.4 Å². The van der Waals surface area contributed by atoms with Crippen LogP contribution in [0.15, 0.2) is 46.9 Å². The number of non-ortho nitro benzene ring substituents is 1. The van der Waals surface area contributed by atoms with Gasteiger partial charge in [-0.3, -0.25) is 10.1 Å². The van der Waals surface area contributed by atoms with E-state index in [4.69, 9.17) is 20.8 Å². The Labute approximate surface area is 148 Å². The van der Waals surface area contributed by atoms with Crippen LogP contribution in [-0.2, 0) is 13.0 Å². The van der Waals surface area contributed by atoms with Gasteiger partial charge in [-0.15, -0.1) is 10.2 Å². The van der Waals surface area contributed by atoms with Gasteiger partial charge in [0.05, 0.1) is 4.92 Å². The Hall–Kier alpha value is -2.93. The molecular formula is C17H14ClN3O4. The van der Waals surface area contributed by atoms with E-state index in [1.54, 1.807) is 24.3 Å². The van der Waals surface area contributed by atoms with Crippen molar-refractivity contribution >= 4 is 17.3 Å². The Kier molecular flexibility index (Phi) is 4.95. The van der Waals surface area contributed by atoms with Crippen molar-refractivity contribution in [2.45, 2.75) is 20.0 Å². The number of benzene rings is 2. The molecule has 0 fully saturated rings. The highest BCUT2D eigenvalue weighted by atomic mass is 35.5. The number of nitro groups is 1. The van der Waals surface area contributed by atoms with E-state index in [1.807, 2.05) is 13.0 Å². The van der Waals surface area contributed by atoms with Crippen LogP contribution in [0.5, 0.6) is 5.75 Å². The molecule has 0 atom stereocenters. The minimum Gasteiger partial charge on any atom is -0.484 e. The van der Waals surface area contributed by atoms with E-state index in [0.29, 0.717) is 22.2 Å². The molecule has 1 aromatic heterocycles. The Morgan fingerprint density at radius 1 is 1.20 bits per heavy atom. The summed E-state index contributed by atoms with van der Waals surface area (Å²) in [4.78, 5) is 10.2. The Morgan fingerprint density at radius 3 is 2.64 bits per heavy atom. The van der Waals surface area contributed by atoms with Crippen molar-refractivity contribution in [3.8, 4) is 17.2 Å². The van der Waals surface area contributed by atoms with Crippen molar-refractivity contribution in [2.24, 2.45) is 0 Å². The molecule has 3 rings (SSSR count). The first-order chi connectivity index (χ1) is 12.1. The van der Waals surface area contributed by atoms with Crippen molar-refractivity contribution in [1.29, 1.82) is 0 Å². The van der Waals surface area contributed by atoms with E-state index >= 15 is 0 Å². The average molecular weight is 360 g/mol. The summed E-state index contributed by atoms with van der Waals surface area (Å²) in [7, 11) is 0. The molecule has 0 bridgehead atoms. The molecule has 0 amide bonds. The van der Waals surface area contributed by atoms with Gasteiger partial charge in [0.15, 0.2) is 6.61 Å². The molecule has 25 heavy (non-hydrogen) atoms. The largest absolute Gasteiger partial charge is 0.484 e. The second kappa shape index (κ2) is 7.31. The fourth-order valence-electron chi connectivity index (χ4n) is 2.26. The van der Waals surface area contributed by atoms with E-state index in [9.17, 15) is 10.1 Å². The molecule has 0 aliphatic heterocycles. The summed E-state index contributed by atoms with van der Waals surface area (Å²) in [5, 5.41) is 19.2. The van der Waals surface area contributed by atoms with Crippen LogP contribution in [0.2, 0.25) is 5.02 Å². The SMILES string of the molecule is CCc1cc(Cl)ccc1OCc1nnc(-c2ccc([N+](=O)[O-])cc2)o1. The lowest BCUT2D eigenvalue weighted by atomic mass is 10.1. The Morgan fingerprint density at radius 2 is 1.96 bits per heavy atom. The number of nitro benzene ring substituents is 1. The topological polar surface area (TPSA) is 91.3 Å². The van der Waals surface area contributed by atoms with Crippen molar-refractivity contribution < 1.29 is 14.1 Å². The molecular weight excluding hydrogens is 346 g/mol. The van der Waals surface area contributed by atoms with E-state index < -0.39 is 4.92 Å². The van der Waals surface area contributed by atoms with Crippen molar-refractivity contribution in [3.05, 3.63) is 69.1 Å². The molecule has 0 aliphatic rings. The smallest absolute Gasteiger partial charge is 0.269 e. The van der Waals surface area contributed by atoms with Crippen LogP contribution < -0.4 is 4.74 Å². The van der Waals surface area contributed by atoms with Gasteiger partial charge >= 0.3 is 0 Å². The van der Waals surface area contributed by atoms with E-state index in [1.165, 1.54) is 12.1 Å². The second-order valence-electron chi connectivity index (χ2n) is 5.20. The van der Waals surface area contributed by atoms with Gasteiger partial charge in [-0.05, 0) is 42.3 Å². The summed E-state index contributed by atoms with van der Waals surface area (Å²) in [6.07, 6.45) is 0.785. The third-order valence-corrected chi connectivity index (χ3v) is 3.78. The zero-order valence-electron chi connectivity index (χ0n) is 13.3. The van der Waals surface area contributed by atoms with Gasteiger partial charge in [0.1, 0.15) is 5.75 Å². The van der Waals surface area contributed by atoms with Gasteiger partial charge in [0.2, 0.25) is 5.89 Å². The van der Waals surface area contributed by atoms with Crippen LogP contribution in [0.25, 0.3) is 11.5 Å². The molecule has 7 nitrogen and oxygen atoms in total. The molecule has 3 aromatic rings. The summed E-state index contributed by atoms with van der Waals surface area (Å²) in [5.41, 5.74) is 1.59. The van der Waals surface area contributed by atoms with Crippen LogP contribution in [0.4, 0.5) is 5.69 Å². The Balaban J connectivity index is 1.71. The molecule has 0 aliphatic carbocycles. The highest BCUT2D eigenvalue weighted by molar-refractivity contribution is 6.30. The third-order valence-electron chi connectivity index (χ3n) is 3.55. The predicted molar refractivity (Wildman–Crippen MR) is 91.6 cm³/mol. The number of aromatic nitrogens is 2. The molecule has 0 spiro atoms. The second-order valence-corrected chi connectivity index (χ2v) is 5.64. The summed E-state index contributed by atoms with van der Waals surface area (Å²) < 4.78 is 11.3. The van der Waals surface area contributed by atoms with Gasteiger partial charge in [-0.25, -0.2) is 0 Å². The fraction of sp³-hybridized carbons (Fsp3) is 0.176. The first-order valence-corrected chi connectivity index (χ1v) is 7.93. The van der Waals surface area contributed by atoms with Gasteiger partial charge in [-0.1, -0.05) is 18.5 Å². The van der Waals surface area contributed by atoms with Crippen LogP contribution in [-0.4, -0.2) is 15.1 Å². The summed E-state index contributed by atoms with van der Waals surface area (Å²) in [6.45, 7) is 2.13. The summed E-state index contributed by atoms with van der Waals surface area (Å²) >= 11 is 5.98. The summed E-state index contributed by atoms with van der Waals surface area (Å²) in [6, 6.07) is 11.3. The molecule has 2 aromatic carbocycles. The molecule has 8 heteroatoms. The van der Waals surface area contributed by atoms with Gasteiger partial charge in [-0.2, -0.15) is 0 Å². The van der Waals surface area contributed by atoms with E-state index in [-0.39, 0.29) is 18.2 Å². The first-order valence-electron chi connectivity index (χ1n) is 7.55. The van der Waals surface area contributed by atoms with Gasteiger partial charge in [0, 0.05) is 22.7 Å². The number of hydrogen-bond acceptors (Lipinski definition) is 6. The number of halogens is 1. The summed E-state index contributed by atoms with van der Waals surface area (Å²) in [5.74, 6) is 1.30. The maximum Gasteiger partial charge on any atom is 0.269 e. The van der Waals surface area contributed by atoms with Gasteiger partial charge < -0.3 is 9.15 Å². The highest BCUT2D eigenvalue weighted by Crippen LogP contribution is 2.25. The molecule has 0 radical (unpaired) electrons. The fourth-order valence-corrected chi connectivity index (χ4v) is 2.45. The minimum atomic E-state index is -0.464. The van der Waals surface area contributed by atoms with Crippen LogP contribution in [0, 0.1) is 10.1 Å². The predicted octanol–water partition coefficient (Wildman–Crippen LogP) is 4.44. The highest BCUT2D eigenvalue weighted by Gasteiger charge is 2.12. The average Bonchev–Trinajstić information content (AvgIpc) is 3.09. The lowest BCUT2D eigenvalue weighted by molar-refractivity contribution is -0.384. The number of aryl methyl sites for hydroxylation is 1. The number of hydrogen-bond donors (Lipinski definition) is 0. The maximum absolute atomic E-state index is 10.7. The van der Waals surface area contributed by atoms with E-state index in [0.717, 1.165) is 12.0 Å². The zero-order chi connectivity index (χ0) is 17.8. The van der Waals surface area contributed by atoms with Crippen molar-refractivity contribution in [1.82, 2.24) is 10.2 Å². The lowest BCUT2D eigenvalue weighted by Crippen LogP contribution is -1.98. The number of ether oxygens (including phenoxy) is 1. The van der Waals surface area contributed by atoms with Gasteiger partial charge in [0.25, 0.3) is 11.6 Å². The number of nitrogens with zero attached hydrogens (tertiary/aromatic N) is 3. The molecule has 0 saturated carbocycles. The maximum atomic E-state index is 10.7. The van der Waals surface area contributed by atoms with Crippen molar-refractivity contribution in [3.63, 3.8) is 0 Å².